The molecule has 0 saturated heterocycles. The molecule has 2 N–H and O–H groups in total. The van der Waals surface area contributed by atoms with Crippen LogP contribution in [0, 0.1) is 6.92 Å². The summed E-state index contributed by atoms with van der Waals surface area (Å²) in [5.74, 6) is 0.409. The van der Waals surface area contributed by atoms with Crippen molar-refractivity contribution in [2.45, 2.75) is 19.9 Å². The van der Waals surface area contributed by atoms with Crippen molar-refractivity contribution in [3.8, 4) is 0 Å². The number of pyridine rings is 1. The van der Waals surface area contributed by atoms with Gasteiger partial charge in [-0.25, -0.2) is 9.78 Å². The second-order valence-corrected chi connectivity index (χ2v) is 7.99. The van der Waals surface area contributed by atoms with E-state index in [0.717, 1.165) is 35.6 Å². The van der Waals surface area contributed by atoms with Gasteiger partial charge in [-0.15, -0.1) is 5.10 Å². The van der Waals surface area contributed by atoms with E-state index in [2.05, 4.69) is 30.4 Å². The molecule has 4 heterocycles. The van der Waals surface area contributed by atoms with E-state index < -0.39 is 17.2 Å². The van der Waals surface area contributed by atoms with Crippen molar-refractivity contribution in [3.63, 3.8) is 0 Å². The number of carbonyl (C=O) groups is 1. The molecule has 5 rings (SSSR count). The first kappa shape index (κ1) is 20.6. The number of aromatic nitrogens is 5. The fraction of sp³-hybridized carbons (Fsp3) is 0.217. The number of aromatic amines is 1. The van der Waals surface area contributed by atoms with Gasteiger partial charge in [0, 0.05) is 25.8 Å². The minimum atomic E-state index is -0.586. The third-order valence-corrected chi connectivity index (χ3v) is 5.82. The SMILES string of the molecule is Cc1ccc(N2CCc3c(cccc3NC(=O)c3ccc4c(=O)[nH]c(=O)n(C)c4n3)C2)nn1. The van der Waals surface area contributed by atoms with E-state index in [1.165, 1.54) is 23.7 Å². The van der Waals surface area contributed by atoms with Crippen LogP contribution in [0.1, 0.15) is 27.3 Å². The van der Waals surface area contributed by atoms with E-state index >= 15 is 0 Å². The number of fused-ring (bicyclic) bond motifs is 2. The highest BCUT2D eigenvalue weighted by atomic mass is 16.2. The summed E-state index contributed by atoms with van der Waals surface area (Å²) in [7, 11) is 1.49. The van der Waals surface area contributed by atoms with Crippen molar-refractivity contribution in [1.29, 1.82) is 0 Å². The fourth-order valence-corrected chi connectivity index (χ4v) is 4.02. The summed E-state index contributed by atoms with van der Waals surface area (Å²) < 4.78 is 1.21. The number of H-pyrrole nitrogens is 1. The smallest absolute Gasteiger partial charge is 0.329 e. The van der Waals surface area contributed by atoms with Crippen LogP contribution in [0.5, 0.6) is 0 Å². The van der Waals surface area contributed by atoms with Gasteiger partial charge in [0.05, 0.1) is 11.1 Å². The molecule has 3 aromatic heterocycles. The molecule has 0 fully saturated rings. The lowest BCUT2D eigenvalue weighted by atomic mass is 9.97. The minimum absolute atomic E-state index is 0.119. The average Bonchev–Trinajstić information content (AvgIpc) is 2.82. The Kier molecular flexibility index (Phi) is 4.97. The summed E-state index contributed by atoms with van der Waals surface area (Å²) in [6.07, 6.45) is 0.733. The largest absolute Gasteiger partial charge is 0.350 e. The van der Waals surface area contributed by atoms with Gasteiger partial charge in [0.25, 0.3) is 11.5 Å². The number of anilines is 2. The molecular formula is C23H21N7O3. The molecule has 1 aliphatic rings. The molecular weight excluding hydrogens is 422 g/mol. The molecule has 10 nitrogen and oxygen atoms in total. The van der Waals surface area contributed by atoms with Gasteiger partial charge in [-0.1, -0.05) is 12.1 Å². The molecule has 1 aliphatic heterocycles. The Morgan fingerprint density at radius 2 is 1.94 bits per heavy atom. The third-order valence-electron chi connectivity index (χ3n) is 5.82. The summed E-state index contributed by atoms with van der Waals surface area (Å²) in [4.78, 5) is 45.5. The van der Waals surface area contributed by atoms with Gasteiger partial charge in [-0.3, -0.25) is 19.1 Å². The molecule has 0 aliphatic carbocycles. The minimum Gasteiger partial charge on any atom is -0.350 e. The van der Waals surface area contributed by atoms with Crippen molar-refractivity contribution in [3.05, 3.63) is 85.8 Å². The zero-order valence-electron chi connectivity index (χ0n) is 18.1. The molecule has 0 spiro atoms. The molecule has 1 amide bonds. The lowest BCUT2D eigenvalue weighted by molar-refractivity contribution is 0.102. The molecule has 33 heavy (non-hydrogen) atoms. The molecule has 0 saturated carbocycles. The van der Waals surface area contributed by atoms with Gasteiger partial charge < -0.3 is 10.2 Å². The van der Waals surface area contributed by atoms with E-state index in [4.69, 9.17) is 0 Å². The Bertz CT molecular complexity index is 1510. The van der Waals surface area contributed by atoms with Crippen LogP contribution in [0.25, 0.3) is 11.0 Å². The van der Waals surface area contributed by atoms with Crippen molar-refractivity contribution < 1.29 is 4.79 Å². The van der Waals surface area contributed by atoms with Crippen molar-refractivity contribution in [1.82, 2.24) is 24.7 Å². The summed E-state index contributed by atoms with van der Waals surface area (Å²) in [6.45, 7) is 3.31. The van der Waals surface area contributed by atoms with Crippen LogP contribution in [0.15, 0.2) is 52.1 Å². The van der Waals surface area contributed by atoms with Gasteiger partial charge in [-0.05, 0) is 54.8 Å². The lowest BCUT2D eigenvalue weighted by Gasteiger charge is -2.30. The van der Waals surface area contributed by atoms with E-state index in [1.54, 1.807) is 0 Å². The number of aryl methyl sites for hydroxylation is 2. The predicted molar refractivity (Wildman–Crippen MR) is 124 cm³/mol. The summed E-state index contributed by atoms with van der Waals surface area (Å²) in [5.41, 5.74) is 2.90. The van der Waals surface area contributed by atoms with Gasteiger partial charge >= 0.3 is 5.69 Å². The monoisotopic (exact) mass is 443 g/mol. The van der Waals surface area contributed by atoms with E-state index in [1.807, 2.05) is 37.3 Å². The first-order chi connectivity index (χ1) is 15.9. The second kappa shape index (κ2) is 7.97. The zero-order chi connectivity index (χ0) is 23.1. The topological polar surface area (TPSA) is 126 Å². The molecule has 0 radical (unpaired) electrons. The number of hydrogen-bond acceptors (Lipinski definition) is 7. The van der Waals surface area contributed by atoms with Gasteiger partial charge in [0.15, 0.2) is 5.82 Å². The maximum absolute atomic E-state index is 13.0. The molecule has 4 aromatic rings. The molecule has 0 atom stereocenters. The number of hydrogen-bond donors (Lipinski definition) is 2. The van der Waals surface area contributed by atoms with Crippen molar-refractivity contribution >= 4 is 28.4 Å². The number of amides is 1. The third kappa shape index (κ3) is 3.75. The highest BCUT2D eigenvalue weighted by Crippen LogP contribution is 2.28. The Morgan fingerprint density at radius 3 is 2.73 bits per heavy atom. The van der Waals surface area contributed by atoms with Crippen LogP contribution in [0.4, 0.5) is 11.5 Å². The lowest BCUT2D eigenvalue weighted by Crippen LogP contribution is -2.32. The predicted octanol–water partition coefficient (Wildman–Crippen LogP) is 1.54. The maximum atomic E-state index is 13.0. The van der Waals surface area contributed by atoms with Crippen LogP contribution >= 0.6 is 0 Å². The summed E-state index contributed by atoms with van der Waals surface area (Å²) in [6, 6.07) is 12.7. The Balaban J connectivity index is 1.42. The second-order valence-electron chi connectivity index (χ2n) is 7.99. The number of nitrogens with one attached hydrogen (secondary N) is 2. The molecule has 166 valence electrons. The highest BCUT2D eigenvalue weighted by molar-refractivity contribution is 6.04. The van der Waals surface area contributed by atoms with Crippen molar-refractivity contribution in [2.24, 2.45) is 7.05 Å². The summed E-state index contributed by atoms with van der Waals surface area (Å²) in [5, 5.41) is 11.6. The number of carbonyl (C=O) groups excluding carboxylic acids is 1. The van der Waals surface area contributed by atoms with Gasteiger partial charge in [-0.2, -0.15) is 5.10 Å². The number of benzene rings is 1. The Labute approximate surface area is 187 Å². The van der Waals surface area contributed by atoms with Gasteiger partial charge in [0.2, 0.25) is 0 Å². The van der Waals surface area contributed by atoms with Crippen molar-refractivity contribution in [2.75, 3.05) is 16.8 Å². The average molecular weight is 443 g/mol. The molecule has 10 heteroatoms. The van der Waals surface area contributed by atoms with Gasteiger partial charge in [0.1, 0.15) is 11.3 Å². The Morgan fingerprint density at radius 1 is 1.09 bits per heavy atom. The standard InChI is InChI=1S/C23H21N7O3/c1-13-6-9-19(28-27-13)30-11-10-15-14(12-30)4-3-5-17(15)25-22(32)18-8-7-16-20(24-18)29(2)23(33)26-21(16)31/h3-9H,10-12H2,1-2H3,(H,25,32)(H,26,31,33). The molecule has 0 bridgehead atoms. The first-order valence-corrected chi connectivity index (χ1v) is 10.5. The van der Waals surface area contributed by atoms with E-state index in [9.17, 15) is 14.4 Å². The number of nitrogens with zero attached hydrogens (tertiary/aromatic N) is 5. The first-order valence-electron chi connectivity index (χ1n) is 10.5. The normalized spacial score (nSPS) is 13.1. The van der Waals surface area contributed by atoms with Crippen LogP contribution in [0.2, 0.25) is 0 Å². The van der Waals surface area contributed by atoms with E-state index in [0.29, 0.717) is 12.2 Å². The van der Waals surface area contributed by atoms with Crippen LogP contribution in [0.3, 0.4) is 0 Å². The maximum Gasteiger partial charge on any atom is 0.329 e. The van der Waals surface area contributed by atoms with Crippen LogP contribution < -0.4 is 21.5 Å². The molecule has 1 aromatic carbocycles. The quantitative estimate of drug-likeness (QED) is 0.492. The fourth-order valence-electron chi connectivity index (χ4n) is 4.02. The zero-order valence-corrected chi connectivity index (χ0v) is 18.1. The van der Waals surface area contributed by atoms with Crippen LogP contribution in [-0.2, 0) is 20.0 Å². The van der Waals surface area contributed by atoms with Crippen LogP contribution in [-0.4, -0.2) is 37.2 Å². The number of rotatable bonds is 3. The summed E-state index contributed by atoms with van der Waals surface area (Å²) >= 11 is 0. The Hall–Kier alpha value is -4.34. The molecule has 0 unspecified atom stereocenters. The van der Waals surface area contributed by atoms with E-state index in [-0.39, 0.29) is 16.7 Å². The highest BCUT2D eigenvalue weighted by Gasteiger charge is 2.21.